The van der Waals surface area contributed by atoms with Crippen LogP contribution in [0.25, 0.3) is 0 Å². The SMILES string of the molecule is CC1(CCC(=O)[O-])OC(=O)CC(=O)O1.[Li+].[PH2-]. The molecule has 1 rings (SSSR count). The average Bonchev–Trinajstić information content (AvgIpc) is 1.98. The van der Waals surface area contributed by atoms with Gasteiger partial charge in [-0.15, -0.1) is 0 Å². The second-order valence-corrected chi connectivity index (χ2v) is 3.13. The number of hydrogen-bond acceptors (Lipinski definition) is 6. The number of carboxylic acid groups (broad SMARTS) is 1. The zero-order valence-electron chi connectivity index (χ0n) is 9.15. The molecule has 0 saturated carbocycles. The van der Waals surface area contributed by atoms with Crippen molar-refractivity contribution in [2.75, 3.05) is 0 Å². The van der Waals surface area contributed by atoms with Gasteiger partial charge in [-0.25, -0.2) is 0 Å². The van der Waals surface area contributed by atoms with Gasteiger partial charge in [-0.2, -0.15) is 0 Å². The van der Waals surface area contributed by atoms with Crippen LogP contribution >= 0.6 is 9.90 Å². The normalized spacial score (nSPS) is 17.3. The van der Waals surface area contributed by atoms with Gasteiger partial charge in [0.25, 0.3) is 5.79 Å². The molecule has 0 bridgehead atoms. The van der Waals surface area contributed by atoms with Gasteiger partial charge < -0.3 is 29.3 Å². The molecule has 1 saturated heterocycles. The number of hydrogen-bond donors (Lipinski definition) is 0. The summed E-state index contributed by atoms with van der Waals surface area (Å²) < 4.78 is 9.44. The second kappa shape index (κ2) is 6.90. The summed E-state index contributed by atoms with van der Waals surface area (Å²) in [6.07, 6.45) is -0.870. The fourth-order valence-corrected chi connectivity index (χ4v) is 1.12. The number of carbonyl (C=O) groups excluding carboxylic acids is 3. The van der Waals surface area contributed by atoms with Crippen LogP contribution in [-0.4, -0.2) is 23.7 Å². The van der Waals surface area contributed by atoms with Crippen molar-refractivity contribution < 1.29 is 47.8 Å². The van der Waals surface area contributed by atoms with E-state index in [4.69, 9.17) is 9.47 Å². The molecule has 0 unspecified atom stereocenters. The van der Waals surface area contributed by atoms with Crippen molar-refractivity contribution >= 4 is 27.8 Å². The Labute approximate surface area is 108 Å². The maximum Gasteiger partial charge on any atom is 1.00 e. The van der Waals surface area contributed by atoms with Crippen molar-refractivity contribution in [3.8, 4) is 0 Å². The zero-order chi connectivity index (χ0) is 10.8. The molecule has 1 heterocycles. The quantitative estimate of drug-likeness (QED) is 0.217. The Kier molecular flexibility index (Phi) is 7.69. The molecule has 1 fully saturated rings. The molecule has 0 aromatic carbocycles. The first-order valence-corrected chi connectivity index (χ1v) is 4.05. The van der Waals surface area contributed by atoms with Gasteiger partial charge in [0.15, 0.2) is 0 Å². The van der Waals surface area contributed by atoms with Gasteiger partial charge >= 0.3 is 30.8 Å². The summed E-state index contributed by atoms with van der Waals surface area (Å²) in [4.78, 5) is 31.9. The number of carbonyl (C=O) groups is 3. The van der Waals surface area contributed by atoms with Crippen LogP contribution < -0.4 is 24.0 Å². The van der Waals surface area contributed by atoms with Gasteiger partial charge in [-0.1, -0.05) is 0 Å². The van der Waals surface area contributed by atoms with Gasteiger partial charge in [-0.05, 0) is 6.42 Å². The molecule has 0 atom stereocenters. The number of esters is 2. The smallest absolute Gasteiger partial charge is 0.577 e. The maximum absolute atomic E-state index is 10.8. The van der Waals surface area contributed by atoms with Gasteiger partial charge in [0.2, 0.25) is 0 Å². The minimum atomic E-state index is -1.47. The Hall–Kier alpha value is -0.563. The van der Waals surface area contributed by atoms with Gasteiger partial charge in [-0.3, -0.25) is 9.59 Å². The zero-order valence-corrected chi connectivity index (χ0v) is 10.3. The Morgan fingerprint density at radius 2 is 1.81 bits per heavy atom. The predicted molar refractivity (Wildman–Crippen MR) is 49.2 cm³/mol. The van der Waals surface area contributed by atoms with Crippen LogP contribution in [0.1, 0.15) is 26.2 Å². The van der Waals surface area contributed by atoms with Crippen molar-refractivity contribution in [2.24, 2.45) is 0 Å². The van der Waals surface area contributed by atoms with Crippen LogP contribution in [-0.2, 0) is 23.9 Å². The fraction of sp³-hybridized carbons (Fsp3) is 0.625. The van der Waals surface area contributed by atoms with E-state index in [0.717, 1.165) is 0 Å². The molecule has 0 aromatic heterocycles. The summed E-state index contributed by atoms with van der Waals surface area (Å²) in [6.45, 7) is 1.34. The van der Waals surface area contributed by atoms with Crippen molar-refractivity contribution in [2.45, 2.75) is 32.0 Å². The summed E-state index contributed by atoms with van der Waals surface area (Å²) in [5.41, 5.74) is 0. The monoisotopic (exact) mass is 241 g/mol. The van der Waals surface area contributed by atoms with E-state index >= 15 is 0 Å². The standard InChI is InChI=1S/C8H10O6.Li.H2P/c1-8(3-2-5(9)10)13-6(11)4-7(12)14-8;;/h2-4H2,1H3,(H,9,10);;1H2/q;+1;-1/p-1. The summed E-state index contributed by atoms with van der Waals surface area (Å²) in [5.74, 6) is -4.17. The molecule has 6 nitrogen and oxygen atoms in total. The van der Waals surface area contributed by atoms with E-state index in [9.17, 15) is 19.5 Å². The molecule has 1 aliphatic heterocycles. The number of aliphatic carboxylic acids is 1. The minimum Gasteiger partial charge on any atom is -0.577 e. The molecule has 86 valence electrons. The van der Waals surface area contributed by atoms with Crippen LogP contribution in [0.2, 0.25) is 0 Å². The first-order valence-electron chi connectivity index (χ1n) is 4.05. The topological polar surface area (TPSA) is 92.7 Å². The number of cyclic esters (lactones) is 2. The summed E-state index contributed by atoms with van der Waals surface area (Å²) >= 11 is 0. The van der Waals surface area contributed by atoms with Crippen LogP contribution in [0.15, 0.2) is 0 Å². The molecule has 0 amide bonds. The van der Waals surface area contributed by atoms with Crippen molar-refractivity contribution in [1.29, 1.82) is 0 Å². The average molecular weight is 241 g/mol. The summed E-state index contributed by atoms with van der Waals surface area (Å²) in [6, 6.07) is 0. The van der Waals surface area contributed by atoms with E-state index in [1.54, 1.807) is 0 Å². The van der Waals surface area contributed by atoms with E-state index in [-0.39, 0.29) is 41.6 Å². The van der Waals surface area contributed by atoms with E-state index in [0.29, 0.717) is 0 Å². The molecule has 0 radical (unpaired) electrons. The van der Waals surface area contributed by atoms with E-state index < -0.39 is 30.1 Å². The first-order chi connectivity index (χ1) is 6.41. The number of rotatable bonds is 3. The first kappa shape index (κ1) is 17.8. The van der Waals surface area contributed by atoms with E-state index in [1.807, 2.05) is 0 Å². The molecular weight excluding hydrogens is 230 g/mol. The third-order valence-corrected chi connectivity index (χ3v) is 1.73. The van der Waals surface area contributed by atoms with E-state index in [2.05, 4.69) is 0 Å². The molecular formula is C8H11LiO6P-. The van der Waals surface area contributed by atoms with Gasteiger partial charge in [0.1, 0.15) is 6.42 Å². The van der Waals surface area contributed by atoms with Crippen LogP contribution in [0, 0.1) is 0 Å². The van der Waals surface area contributed by atoms with Crippen molar-refractivity contribution in [3.63, 3.8) is 0 Å². The Balaban J connectivity index is 0. The van der Waals surface area contributed by atoms with Crippen LogP contribution in [0.4, 0.5) is 0 Å². The largest absolute Gasteiger partial charge is 1.00 e. The van der Waals surface area contributed by atoms with Gasteiger partial charge in [0, 0.05) is 19.3 Å². The summed E-state index contributed by atoms with van der Waals surface area (Å²) in [7, 11) is 0. The minimum absolute atomic E-state index is 0. The maximum atomic E-state index is 10.8. The van der Waals surface area contributed by atoms with Crippen LogP contribution in [0.3, 0.4) is 0 Å². The Morgan fingerprint density at radius 1 is 1.38 bits per heavy atom. The Morgan fingerprint density at radius 3 is 2.19 bits per heavy atom. The molecule has 0 N–H and O–H groups in total. The summed E-state index contributed by atoms with van der Waals surface area (Å²) in [5, 5.41) is 10.2. The fourth-order valence-electron chi connectivity index (χ4n) is 1.12. The van der Waals surface area contributed by atoms with Crippen molar-refractivity contribution in [1.82, 2.24) is 0 Å². The predicted octanol–water partition coefficient (Wildman–Crippen LogP) is -3.95. The number of carboxylic acids is 1. The second-order valence-electron chi connectivity index (χ2n) is 3.13. The number of ether oxygens (including phenoxy) is 2. The van der Waals surface area contributed by atoms with Crippen LogP contribution in [0.5, 0.6) is 0 Å². The Bertz CT molecular complexity index is 276. The van der Waals surface area contributed by atoms with Crippen molar-refractivity contribution in [3.05, 3.63) is 0 Å². The third kappa shape index (κ3) is 5.50. The molecule has 0 spiro atoms. The molecule has 8 heteroatoms. The molecule has 1 aliphatic rings. The molecule has 0 aliphatic carbocycles. The van der Waals surface area contributed by atoms with Gasteiger partial charge in [0.05, 0.1) is 0 Å². The molecule has 16 heavy (non-hydrogen) atoms. The third-order valence-electron chi connectivity index (χ3n) is 1.73. The van der Waals surface area contributed by atoms with E-state index in [1.165, 1.54) is 6.92 Å². The molecule has 0 aromatic rings.